The van der Waals surface area contributed by atoms with Crippen molar-refractivity contribution in [1.82, 2.24) is 15.5 Å². The molecule has 0 fully saturated rings. The molecule has 9 heteroatoms. The fraction of sp³-hybridized carbons (Fsp3) is 0.412. The lowest BCUT2D eigenvalue weighted by molar-refractivity contribution is -0.139. The van der Waals surface area contributed by atoms with E-state index in [9.17, 15) is 22.8 Å². The van der Waals surface area contributed by atoms with Crippen molar-refractivity contribution in [1.29, 1.82) is 0 Å². The fourth-order valence-corrected chi connectivity index (χ4v) is 2.52. The average molecular weight is 371 g/mol. The van der Waals surface area contributed by atoms with Gasteiger partial charge in [0, 0.05) is 18.8 Å². The van der Waals surface area contributed by atoms with Crippen molar-refractivity contribution in [3.8, 4) is 0 Å². The minimum absolute atomic E-state index is 0.0636. The van der Waals surface area contributed by atoms with Gasteiger partial charge in [0.1, 0.15) is 0 Å². The molecule has 0 bridgehead atoms. The number of urea groups is 1. The van der Waals surface area contributed by atoms with Crippen LogP contribution in [0.4, 0.5) is 18.0 Å². The van der Waals surface area contributed by atoms with Crippen LogP contribution in [-0.4, -0.2) is 43.6 Å². The van der Waals surface area contributed by atoms with E-state index in [0.29, 0.717) is 23.4 Å². The van der Waals surface area contributed by atoms with Crippen LogP contribution in [0.2, 0.25) is 0 Å². The van der Waals surface area contributed by atoms with E-state index >= 15 is 0 Å². The maximum Gasteiger partial charge on any atom is 0.416 e. The highest BCUT2D eigenvalue weighted by molar-refractivity contribution is 5.93. The van der Waals surface area contributed by atoms with Gasteiger partial charge in [-0.15, -0.1) is 0 Å². The Balaban J connectivity index is 2.07. The number of rotatable bonds is 6. The van der Waals surface area contributed by atoms with Gasteiger partial charge in [-0.3, -0.25) is 4.90 Å². The first-order chi connectivity index (χ1) is 12.2. The van der Waals surface area contributed by atoms with Gasteiger partial charge in [0.2, 0.25) is 0 Å². The molecule has 1 aromatic carbocycles. The van der Waals surface area contributed by atoms with Gasteiger partial charge in [-0.1, -0.05) is 12.1 Å². The van der Waals surface area contributed by atoms with E-state index in [0.717, 1.165) is 12.1 Å². The summed E-state index contributed by atoms with van der Waals surface area (Å²) in [7, 11) is 1.74. The zero-order valence-electron chi connectivity index (χ0n) is 14.4. The van der Waals surface area contributed by atoms with Gasteiger partial charge in [0.05, 0.1) is 24.3 Å². The summed E-state index contributed by atoms with van der Waals surface area (Å²) in [6.07, 6.45) is -4.37. The number of carbonyl (C=O) groups is 2. The first kappa shape index (κ1) is 19.8. The third-order valence-corrected chi connectivity index (χ3v) is 3.74. The van der Waals surface area contributed by atoms with Crippen LogP contribution in [0.1, 0.15) is 18.1 Å². The molecule has 1 heterocycles. The molecule has 2 amide bonds. The maximum absolute atomic E-state index is 12.6. The molecular formula is C17H20F3N3O3. The van der Waals surface area contributed by atoms with Crippen LogP contribution in [0, 0.1) is 0 Å². The zero-order valence-corrected chi connectivity index (χ0v) is 14.4. The Labute approximate surface area is 149 Å². The number of ether oxygens (including phenoxy) is 1. The average Bonchev–Trinajstić information content (AvgIpc) is 2.54. The highest BCUT2D eigenvalue weighted by Gasteiger charge is 2.30. The molecule has 0 aromatic heterocycles. The molecule has 0 aliphatic carbocycles. The summed E-state index contributed by atoms with van der Waals surface area (Å²) in [6.45, 7) is 2.55. The topological polar surface area (TPSA) is 70.7 Å². The van der Waals surface area contributed by atoms with Crippen LogP contribution in [0.5, 0.6) is 0 Å². The summed E-state index contributed by atoms with van der Waals surface area (Å²) in [4.78, 5) is 25.3. The number of esters is 1. The number of nitrogens with zero attached hydrogens (tertiary/aromatic N) is 1. The van der Waals surface area contributed by atoms with Crippen molar-refractivity contribution < 1.29 is 27.5 Å². The lowest BCUT2D eigenvalue weighted by atomic mass is 10.1. The third-order valence-electron chi connectivity index (χ3n) is 3.74. The van der Waals surface area contributed by atoms with Gasteiger partial charge >= 0.3 is 18.2 Å². The second kappa shape index (κ2) is 8.22. The SMILES string of the molecule is CCOC(=O)C1=C(CN(C)Cc2ccc(C(F)(F)F)cc2)NC(=O)NC1. The molecule has 1 aliphatic heterocycles. The second-order valence-corrected chi connectivity index (χ2v) is 5.85. The smallest absolute Gasteiger partial charge is 0.416 e. The molecular weight excluding hydrogens is 351 g/mol. The van der Waals surface area contributed by atoms with Crippen LogP contribution < -0.4 is 10.6 Å². The van der Waals surface area contributed by atoms with Crippen molar-refractivity contribution >= 4 is 12.0 Å². The van der Waals surface area contributed by atoms with E-state index in [1.807, 2.05) is 0 Å². The summed E-state index contributed by atoms with van der Waals surface area (Å²) in [5.74, 6) is -0.516. The minimum Gasteiger partial charge on any atom is -0.463 e. The summed E-state index contributed by atoms with van der Waals surface area (Å²) in [5, 5.41) is 5.10. The molecule has 2 rings (SSSR count). The molecule has 0 atom stereocenters. The van der Waals surface area contributed by atoms with Crippen LogP contribution in [0.3, 0.4) is 0 Å². The number of hydrogen-bond donors (Lipinski definition) is 2. The van der Waals surface area contributed by atoms with Gasteiger partial charge in [-0.05, 0) is 31.7 Å². The minimum atomic E-state index is -4.37. The number of likely N-dealkylation sites (N-methyl/N-ethyl adjacent to an activating group) is 1. The van der Waals surface area contributed by atoms with Gasteiger partial charge in [0.15, 0.2) is 0 Å². The standard InChI is InChI=1S/C17H20F3N3O3/c1-3-26-15(24)13-8-21-16(25)22-14(13)10-23(2)9-11-4-6-12(7-5-11)17(18,19)20/h4-7H,3,8-10H2,1-2H3,(H2,21,22,25). The Bertz CT molecular complexity index is 699. The van der Waals surface area contributed by atoms with Gasteiger partial charge in [0.25, 0.3) is 0 Å². The molecule has 0 spiro atoms. The Hall–Kier alpha value is -2.55. The summed E-state index contributed by atoms with van der Waals surface area (Å²) < 4.78 is 42.8. The molecule has 2 N–H and O–H groups in total. The molecule has 1 aliphatic rings. The highest BCUT2D eigenvalue weighted by atomic mass is 19.4. The van der Waals surface area contributed by atoms with Crippen LogP contribution in [-0.2, 0) is 22.3 Å². The molecule has 0 unspecified atom stereocenters. The van der Waals surface area contributed by atoms with E-state index in [1.165, 1.54) is 12.1 Å². The van der Waals surface area contributed by atoms with Crippen molar-refractivity contribution in [3.05, 3.63) is 46.7 Å². The van der Waals surface area contributed by atoms with Crippen molar-refractivity contribution in [2.24, 2.45) is 0 Å². The van der Waals surface area contributed by atoms with Gasteiger partial charge in [-0.25, -0.2) is 9.59 Å². The molecule has 1 aromatic rings. The quantitative estimate of drug-likeness (QED) is 0.753. The molecule has 6 nitrogen and oxygen atoms in total. The van der Waals surface area contributed by atoms with Gasteiger partial charge in [-0.2, -0.15) is 13.2 Å². The first-order valence-electron chi connectivity index (χ1n) is 7.99. The van der Waals surface area contributed by atoms with E-state index in [4.69, 9.17) is 4.74 Å². The van der Waals surface area contributed by atoms with Crippen LogP contribution in [0.15, 0.2) is 35.5 Å². The van der Waals surface area contributed by atoms with E-state index in [1.54, 1.807) is 18.9 Å². The summed E-state index contributed by atoms with van der Waals surface area (Å²) in [5.41, 5.74) is 0.716. The lowest BCUT2D eigenvalue weighted by Crippen LogP contribution is -2.46. The predicted octanol–water partition coefficient (Wildman–Crippen LogP) is 2.27. The molecule has 0 saturated carbocycles. The zero-order chi connectivity index (χ0) is 19.3. The van der Waals surface area contributed by atoms with Crippen molar-refractivity contribution in [2.45, 2.75) is 19.6 Å². The number of nitrogens with one attached hydrogen (secondary N) is 2. The van der Waals surface area contributed by atoms with Crippen molar-refractivity contribution in [3.63, 3.8) is 0 Å². The van der Waals surface area contributed by atoms with E-state index in [-0.39, 0.29) is 19.7 Å². The Morgan fingerprint density at radius 2 is 1.88 bits per heavy atom. The Morgan fingerprint density at radius 3 is 2.46 bits per heavy atom. The Morgan fingerprint density at radius 1 is 1.23 bits per heavy atom. The third kappa shape index (κ3) is 5.22. The number of hydrogen-bond acceptors (Lipinski definition) is 4. The normalized spacial score (nSPS) is 14.9. The number of benzene rings is 1. The fourth-order valence-electron chi connectivity index (χ4n) is 2.52. The summed E-state index contributed by atoms with van der Waals surface area (Å²) in [6, 6.07) is 4.44. The largest absolute Gasteiger partial charge is 0.463 e. The molecule has 142 valence electrons. The monoisotopic (exact) mass is 371 g/mol. The highest BCUT2D eigenvalue weighted by Crippen LogP contribution is 2.29. The predicted molar refractivity (Wildman–Crippen MR) is 88.0 cm³/mol. The molecule has 0 saturated heterocycles. The van der Waals surface area contributed by atoms with Crippen LogP contribution in [0.25, 0.3) is 0 Å². The number of alkyl halides is 3. The van der Waals surface area contributed by atoms with E-state index in [2.05, 4.69) is 10.6 Å². The first-order valence-corrected chi connectivity index (χ1v) is 7.99. The number of carbonyl (C=O) groups excluding carboxylic acids is 2. The van der Waals surface area contributed by atoms with Gasteiger partial charge < -0.3 is 15.4 Å². The number of halogens is 3. The molecule has 26 heavy (non-hydrogen) atoms. The molecule has 0 radical (unpaired) electrons. The lowest BCUT2D eigenvalue weighted by Gasteiger charge is -2.25. The van der Waals surface area contributed by atoms with Crippen molar-refractivity contribution in [2.75, 3.05) is 26.7 Å². The summed E-state index contributed by atoms with van der Waals surface area (Å²) >= 11 is 0. The number of amides is 2. The maximum atomic E-state index is 12.6. The van der Waals surface area contributed by atoms with Crippen LogP contribution >= 0.6 is 0 Å². The second-order valence-electron chi connectivity index (χ2n) is 5.85. The van der Waals surface area contributed by atoms with E-state index < -0.39 is 23.7 Å². The Kier molecular flexibility index (Phi) is 6.25.